The highest BCUT2D eigenvalue weighted by atomic mass is 15.3. The second-order valence-corrected chi connectivity index (χ2v) is 2.75. The van der Waals surface area contributed by atoms with E-state index in [9.17, 15) is 0 Å². The van der Waals surface area contributed by atoms with Crippen LogP contribution in [-0.2, 0) is 0 Å². The number of rotatable bonds is 6. The third-order valence-electron chi connectivity index (χ3n) is 1.58. The molecule has 0 bridgehead atoms. The van der Waals surface area contributed by atoms with Gasteiger partial charge >= 0.3 is 0 Å². The van der Waals surface area contributed by atoms with Gasteiger partial charge in [0.2, 0.25) is 0 Å². The van der Waals surface area contributed by atoms with E-state index in [1.54, 1.807) is 9.80 Å². The van der Waals surface area contributed by atoms with Gasteiger partial charge in [-0.05, 0) is 0 Å². The van der Waals surface area contributed by atoms with Gasteiger partial charge in [-0.25, -0.2) is 0 Å². The first-order chi connectivity index (χ1) is 7.28. The normalized spacial score (nSPS) is 8.93. The molecule has 0 amide bonds. The molecule has 0 radical (unpaired) electrons. The summed E-state index contributed by atoms with van der Waals surface area (Å²) in [5, 5.41) is 33.9. The fraction of sp³-hybridized carbons (Fsp3) is 0.556. The predicted octanol–water partition coefficient (Wildman–Crippen LogP) is -0.358. The number of nitriles is 4. The lowest BCUT2D eigenvalue weighted by Gasteiger charge is -2.22. The van der Waals surface area contributed by atoms with E-state index < -0.39 is 0 Å². The van der Waals surface area contributed by atoms with Crippen molar-refractivity contribution in [3.8, 4) is 24.3 Å². The van der Waals surface area contributed by atoms with Gasteiger partial charge in [-0.1, -0.05) is 0 Å². The smallest absolute Gasteiger partial charge is 0.0884 e. The molecule has 76 valence electrons. The van der Waals surface area contributed by atoms with Crippen molar-refractivity contribution in [1.82, 2.24) is 9.80 Å². The summed E-state index contributed by atoms with van der Waals surface area (Å²) in [6.07, 6.45) is 0. The van der Waals surface area contributed by atoms with Crippen LogP contribution in [0.15, 0.2) is 0 Å². The molecule has 0 aromatic carbocycles. The van der Waals surface area contributed by atoms with E-state index in [2.05, 4.69) is 0 Å². The first-order valence-electron chi connectivity index (χ1n) is 4.21. The molecule has 0 aromatic rings. The van der Waals surface area contributed by atoms with E-state index in [4.69, 9.17) is 21.0 Å². The Balaban J connectivity index is 4.23. The lowest BCUT2D eigenvalue weighted by atomic mass is 10.5. The van der Waals surface area contributed by atoms with Crippen LogP contribution in [0, 0.1) is 45.3 Å². The lowest BCUT2D eigenvalue weighted by molar-refractivity contribution is 0.185. The van der Waals surface area contributed by atoms with Crippen molar-refractivity contribution < 1.29 is 0 Å². The Labute approximate surface area is 88.7 Å². The van der Waals surface area contributed by atoms with Crippen LogP contribution in [0.1, 0.15) is 0 Å². The molecule has 0 aliphatic carbocycles. The Morgan fingerprint density at radius 3 is 1.07 bits per heavy atom. The van der Waals surface area contributed by atoms with E-state index in [0.717, 1.165) is 0 Å². The van der Waals surface area contributed by atoms with Gasteiger partial charge < -0.3 is 0 Å². The molecule has 0 heterocycles. The maximum Gasteiger partial charge on any atom is 0.0884 e. The minimum Gasteiger partial charge on any atom is -0.264 e. The summed E-state index contributed by atoms with van der Waals surface area (Å²) >= 11 is 0. The zero-order chi connectivity index (χ0) is 11.5. The van der Waals surface area contributed by atoms with Gasteiger partial charge in [0, 0.05) is 0 Å². The van der Waals surface area contributed by atoms with Crippen LogP contribution >= 0.6 is 0 Å². The summed E-state index contributed by atoms with van der Waals surface area (Å²) in [5.41, 5.74) is 0. The minimum absolute atomic E-state index is 0.112. The summed E-state index contributed by atoms with van der Waals surface area (Å²) in [6, 6.07) is 7.70. The summed E-state index contributed by atoms with van der Waals surface area (Å²) in [6.45, 7) is 0.728. The van der Waals surface area contributed by atoms with Crippen LogP contribution in [0.3, 0.4) is 0 Å². The highest BCUT2D eigenvalue weighted by molar-refractivity contribution is 4.87. The van der Waals surface area contributed by atoms with Crippen molar-refractivity contribution in [2.75, 3.05) is 32.8 Å². The summed E-state index contributed by atoms with van der Waals surface area (Å²) in [7, 11) is 0. The van der Waals surface area contributed by atoms with Gasteiger partial charge in [0.1, 0.15) is 0 Å². The largest absolute Gasteiger partial charge is 0.264 e. The van der Waals surface area contributed by atoms with E-state index in [-0.39, 0.29) is 32.8 Å². The molecule has 0 aliphatic rings. The fourth-order valence-electron chi connectivity index (χ4n) is 0.995. The maximum absolute atomic E-state index is 8.49. The van der Waals surface area contributed by atoms with Crippen LogP contribution in [0.5, 0.6) is 0 Å². The molecule has 0 fully saturated rings. The number of nitrogens with zero attached hydrogens (tertiary/aromatic N) is 6. The molecule has 0 rings (SSSR count). The molecule has 0 atom stereocenters. The van der Waals surface area contributed by atoms with Crippen molar-refractivity contribution in [1.29, 1.82) is 21.0 Å². The van der Waals surface area contributed by atoms with Gasteiger partial charge in [0.25, 0.3) is 0 Å². The molecular weight excluding hydrogens is 192 g/mol. The standard InChI is InChI=1S/C9H10N6/c10-1-5-14(6-2-11)9-15(7-3-12)8-4-13/h5-9H2. The zero-order valence-corrected chi connectivity index (χ0v) is 8.22. The SMILES string of the molecule is N#CCN(CC#N)CN(CC#N)CC#N. The van der Waals surface area contributed by atoms with Crippen molar-refractivity contribution in [2.45, 2.75) is 0 Å². The lowest BCUT2D eigenvalue weighted by Crippen LogP contribution is -2.38. The maximum atomic E-state index is 8.49. The Bertz CT molecular complexity index is 270. The molecule has 0 aliphatic heterocycles. The zero-order valence-electron chi connectivity index (χ0n) is 8.22. The summed E-state index contributed by atoms with van der Waals surface area (Å²) in [5.74, 6) is 0. The molecule has 0 aromatic heterocycles. The molecule has 0 saturated carbocycles. The molecule has 6 nitrogen and oxygen atoms in total. The van der Waals surface area contributed by atoms with Crippen molar-refractivity contribution in [3.05, 3.63) is 0 Å². The topological polar surface area (TPSA) is 102 Å². The quantitative estimate of drug-likeness (QED) is 0.430. The van der Waals surface area contributed by atoms with Crippen LogP contribution in [-0.4, -0.2) is 42.6 Å². The monoisotopic (exact) mass is 202 g/mol. The van der Waals surface area contributed by atoms with Crippen LogP contribution in [0.4, 0.5) is 0 Å². The Hall–Kier alpha value is -2.12. The Morgan fingerprint density at radius 2 is 0.867 bits per heavy atom. The van der Waals surface area contributed by atoms with E-state index in [0.29, 0.717) is 0 Å². The van der Waals surface area contributed by atoms with Gasteiger partial charge in [-0.3, -0.25) is 9.80 Å². The Kier molecular flexibility index (Phi) is 7.28. The van der Waals surface area contributed by atoms with Crippen LogP contribution in [0.2, 0.25) is 0 Å². The van der Waals surface area contributed by atoms with Gasteiger partial charge in [0.05, 0.1) is 57.1 Å². The molecule has 6 heteroatoms. The number of hydrogen-bond donors (Lipinski definition) is 0. The van der Waals surface area contributed by atoms with Gasteiger partial charge in [-0.15, -0.1) is 0 Å². The van der Waals surface area contributed by atoms with Gasteiger partial charge in [-0.2, -0.15) is 21.0 Å². The summed E-state index contributed by atoms with van der Waals surface area (Å²) < 4.78 is 0. The average molecular weight is 202 g/mol. The molecule has 0 N–H and O–H groups in total. The minimum atomic E-state index is 0.112. The van der Waals surface area contributed by atoms with E-state index in [1.807, 2.05) is 24.3 Å². The van der Waals surface area contributed by atoms with E-state index in [1.165, 1.54) is 0 Å². The summed E-state index contributed by atoms with van der Waals surface area (Å²) in [4.78, 5) is 3.13. The van der Waals surface area contributed by atoms with Crippen LogP contribution in [0.25, 0.3) is 0 Å². The van der Waals surface area contributed by atoms with Gasteiger partial charge in [0.15, 0.2) is 0 Å². The van der Waals surface area contributed by atoms with E-state index >= 15 is 0 Å². The highest BCUT2D eigenvalue weighted by Gasteiger charge is 2.09. The molecule has 15 heavy (non-hydrogen) atoms. The number of hydrogen-bond acceptors (Lipinski definition) is 6. The predicted molar refractivity (Wildman–Crippen MR) is 50.5 cm³/mol. The third kappa shape index (κ3) is 6.02. The fourth-order valence-corrected chi connectivity index (χ4v) is 0.995. The van der Waals surface area contributed by atoms with Crippen molar-refractivity contribution in [3.63, 3.8) is 0 Å². The van der Waals surface area contributed by atoms with Crippen molar-refractivity contribution >= 4 is 0 Å². The second-order valence-electron chi connectivity index (χ2n) is 2.75. The van der Waals surface area contributed by atoms with Crippen LogP contribution < -0.4 is 0 Å². The molecule has 0 spiro atoms. The molecule has 0 unspecified atom stereocenters. The molecule has 0 saturated heterocycles. The first-order valence-corrected chi connectivity index (χ1v) is 4.21. The first kappa shape index (κ1) is 12.9. The molecular formula is C9H10N6. The second kappa shape index (κ2) is 8.48. The Morgan fingerprint density at radius 1 is 0.600 bits per heavy atom. The average Bonchev–Trinajstić information content (AvgIpc) is 2.19. The van der Waals surface area contributed by atoms with Crippen molar-refractivity contribution in [2.24, 2.45) is 0 Å². The third-order valence-corrected chi connectivity index (χ3v) is 1.58. The highest BCUT2D eigenvalue weighted by Crippen LogP contribution is 1.93.